The molecule has 0 atom stereocenters. The van der Waals surface area contributed by atoms with Gasteiger partial charge in [0.1, 0.15) is 0 Å². The number of hydrogen-bond donors (Lipinski definition) is 2. The maximum Gasteiger partial charge on any atom is 0.573 e. The van der Waals surface area contributed by atoms with E-state index in [1.54, 1.807) is 36.7 Å². The summed E-state index contributed by atoms with van der Waals surface area (Å²) in [7, 11) is 0. The first-order valence-electron chi connectivity index (χ1n) is 8.40. The van der Waals surface area contributed by atoms with Crippen molar-refractivity contribution in [2.75, 3.05) is 10.6 Å². The number of carbonyl (C=O) groups is 1. The molecule has 9 heteroatoms. The van der Waals surface area contributed by atoms with Crippen LogP contribution in [-0.4, -0.2) is 17.3 Å². The van der Waals surface area contributed by atoms with Gasteiger partial charge in [-0.1, -0.05) is 23.7 Å². The highest BCUT2D eigenvalue weighted by Crippen LogP contribution is 2.33. The summed E-state index contributed by atoms with van der Waals surface area (Å²) < 4.78 is 41.9. The first-order chi connectivity index (χ1) is 13.8. The van der Waals surface area contributed by atoms with Crippen LogP contribution in [0.2, 0.25) is 5.02 Å². The minimum atomic E-state index is -4.92. The van der Waals surface area contributed by atoms with Gasteiger partial charge in [0.15, 0.2) is 5.75 Å². The normalized spacial score (nSPS) is 11.0. The molecule has 0 aliphatic heterocycles. The largest absolute Gasteiger partial charge is 0.573 e. The Labute approximate surface area is 169 Å². The number of anilines is 2. The van der Waals surface area contributed by atoms with Crippen molar-refractivity contribution >= 4 is 28.9 Å². The van der Waals surface area contributed by atoms with Gasteiger partial charge in [-0.15, -0.1) is 13.2 Å². The summed E-state index contributed by atoms with van der Waals surface area (Å²) in [6.45, 7) is 0.441. The summed E-state index contributed by atoms with van der Waals surface area (Å²) in [5, 5.41) is 5.62. The fraction of sp³-hybridized carbons (Fsp3) is 0.100. The average Bonchev–Trinajstić information content (AvgIpc) is 2.68. The second kappa shape index (κ2) is 8.83. The molecule has 150 valence electrons. The monoisotopic (exact) mass is 421 g/mol. The molecule has 0 aliphatic rings. The molecular formula is C20H15ClF3N3O2. The van der Waals surface area contributed by atoms with E-state index in [4.69, 9.17) is 11.6 Å². The highest BCUT2D eigenvalue weighted by atomic mass is 35.5. The Morgan fingerprint density at radius 3 is 2.48 bits per heavy atom. The van der Waals surface area contributed by atoms with E-state index in [2.05, 4.69) is 20.4 Å². The molecule has 0 spiro atoms. The van der Waals surface area contributed by atoms with Crippen molar-refractivity contribution in [1.29, 1.82) is 0 Å². The van der Waals surface area contributed by atoms with Gasteiger partial charge in [0.25, 0.3) is 5.91 Å². The predicted molar refractivity (Wildman–Crippen MR) is 104 cm³/mol. The number of amides is 1. The van der Waals surface area contributed by atoms with Crippen LogP contribution in [0.25, 0.3) is 0 Å². The van der Waals surface area contributed by atoms with Gasteiger partial charge in [-0.05, 0) is 42.0 Å². The molecule has 0 saturated carbocycles. The molecule has 0 fully saturated rings. The molecule has 3 aromatic rings. The summed E-state index contributed by atoms with van der Waals surface area (Å²) in [4.78, 5) is 16.7. The molecule has 5 nitrogen and oxygen atoms in total. The van der Waals surface area contributed by atoms with Crippen molar-refractivity contribution in [3.63, 3.8) is 0 Å². The molecule has 0 radical (unpaired) electrons. The number of pyridine rings is 1. The summed E-state index contributed by atoms with van der Waals surface area (Å²) in [6, 6.07) is 13.9. The number of ether oxygens (including phenoxy) is 1. The zero-order valence-corrected chi connectivity index (χ0v) is 15.6. The number of alkyl halides is 3. The number of carbonyl (C=O) groups excluding carboxylic acids is 1. The second-order valence-electron chi connectivity index (χ2n) is 5.90. The van der Waals surface area contributed by atoms with Crippen molar-refractivity contribution in [3.05, 3.63) is 83.1 Å². The molecular weight excluding hydrogens is 407 g/mol. The number of rotatable bonds is 6. The van der Waals surface area contributed by atoms with E-state index in [0.717, 1.165) is 11.6 Å². The van der Waals surface area contributed by atoms with Crippen LogP contribution in [0.1, 0.15) is 15.9 Å². The Hall–Kier alpha value is -3.26. The number of aromatic nitrogens is 1. The van der Waals surface area contributed by atoms with E-state index >= 15 is 0 Å². The van der Waals surface area contributed by atoms with Gasteiger partial charge in [-0.2, -0.15) is 0 Å². The van der Waals surface area contributed by atoms with Crippen molar-refractivity contribution in [1.82, 2.24) is 4.98 Å². The Kier molecular flexibility index (Phi) is 6.23. The standard InChI is InChI=1S/C20H15ClF3N3O2/c21-14-5-6-17(18(11-14)29-20(22,23)24)27-19(28)15-3-1-2-4-16(15)26-12-13-7-9-25-10-8-13/h1-11,26H,12H2,(H,27,28). The van der Waals surface area contributed by atoms with Gasteiger partial charge in [0.2, 0.25) is 0 Å². The van der Waals surface area contributed by atoms with Crippen LogP contribution in [0.5, 0.6) is 5.75 Å². The van der Waals surface area contributed by atoms with Gasteiger partial charge in [0, 0.05) is 35.7 Å². The lowest BCUT2D eigenvalue weighted by Crippen LogP contribution is -2.20. The van der Waals surface area contributed by atoms with Crippen molar-refractivity contribution in [3.8, 4) is 5.75 Å². The molecule has 29 heavy (non-hydrogen) atoms. The second-order valence-corrected chi connectivity index (χ2v) is 6.33. The third kappa shape index (κ3) is 5.86. The number of halogens is 4. The smallest absolute Gasteiger partial charge is 0.404 e. The van der Waals surface area contributed by atoms with Gasteiger partial charge in [-0.25, -0.2) is 0 Å². The molecule has 2 N–H and O–H groups in total. The first kappa shape index (κ1) is 20.5. The molecule has 0 unspecified atom stereocenters. The number of nitrogens with one attached hydrogen (secondary N) is 2. The minimum Gasteiger partial charge on any atom is -0.404 e. The number of para-hydroxylation sites is 1. The van der Waals surface area contributed by atoms with Crippen LogP contribution < -0.4 is 15.4 Å². The van der Waals surface area contributed by atoms with Gasteiger partial charge in [-0.3, -0.25) is 9.78 Å². The Morgan fingerprint density at radius 1 is 1.03 bits per heavy atom. The maximum absolute atomic E-state index is 12.7. The molecule has 2 aromatic carbocycles. The van der Waals surface area contributed by atoms with Crippen molar-refractivity contribution in [2.24, 2.45) is 0 Å². The first-order valence-corrected chi connectivity index (χ1v) is 8.78. The Balaban J connectivity index is 1.80. The fourth-order valence-corrected chi connectivity index (χ4v) is 2.69. The zero-order chi connectivity index (χ0) is 20.9. The third-order valence-corrected chi connectivity index (χ3v) is 4.06. The van der Waals surface area contributed by atoms with Crippen molar-refractivity contribution in [2.45, 2.75) is 12.9 Å². The molecule has 0 aliphatic carbocycles. The van der Waals surface area contributed by atoms with E-state index in [1.807, 2.05) is 12.1 Å². The number of nitrogens with zero attached hydrogens (tertiary/aromatic N) is 1. The highest BCUT2D eigenvalue weighted by molar-refractivity contribution is 6.30. The summed E-state index contributed by atoms with van der Waals surface area (Å²) in [5.74, 6) is -1.20. The SMILES string of the molecule is O=C(Nc1ccc(Cl)cc1OC(F)(F)F)c1ccccc1NCc1ccncc1. The molecule has 1 amide bonds. The van der Waals surface area contributed by atoms with Gasteiger partial charge < -0.3 is 15.4 Å². The molecule has 0 bridgehead atoms. The average molecular weight is 422 g/mol. The van der Waals surface area contributed by atoms with E-state index in [9.17, 15) is 18.0 Å². The topological polar surface area (TPSA) is 63.2 Å². The van der Waals surface area contributed by atoms with Crippen LogP contribution in [-0.2, 0) is 6.54 Å². The molecule has 3 rings (SSSR count). The van der Waals surface area contributed by atoms with Gasteiger partial charge in [0.05, 0.1) is 11.3 Å². The van der Waals surface area contributed by atoms with E-state index < -0.39 is 18.0 Å². The lowest BCUT2D eigenvalue weighted by molar-refractivity contribution is -0.274. The van der Waals surface area contributed by atoms with Crippen LogP contribution >= 0.6 is 11.6 Å². The molecule has 1 aromatic heterocycles. The summed E-state index contributed by atoms with van der Waals surface area (Å²) in [5.41, 5.74) is 1.58. The van der Waals surface area contributed by atoms with Crippen LogP contribution in [0.15, 0.2) is 67.0 Å². The van der Waals surface area contributed by atoms with Crippen LogP contribution in [0.4, 0.5) is 24.5 Å². The third-order valence-electron chi connectivity index (χ3n) is 3.82. The fourth-order valence-electron chi connectivity index (χ4n) is 2.53. The maximum atomic E-state index is 12.7. The summed E-state index contributed by atoms with van der Waals surface area (Å²) in [6.07, 6.45) is -1.62. The molecule has 0 saturated heterocycles. The zero-order valence-electron chi connectivity index (χ0n) is 14.8. The summed E-state index contributed by atoms with van der Waals surface area (Å²) >= 11 is 5.75. The van der Waals surface area contributed by atoms with Crippen LogP contribution in [0, 0.1) is 0 Å². The Bertz CT molecular complexity index is 998. The predicted octanol–water partition coefficient (Wildman–Crippen LogP) is 5.50. The lowest BCUT2D eigenvalue weighted by Gasteiger charge is -2.16. The Morgan fingerprint density at radius 2 is 1.76 bits per heavy atom. The van der Waals surface area contributed by atoms with Crippen molar-refractivity contribution < 1.29 is 22.7 Å². The minimum absolute atomic E-state index is 0.0432. The molecule has 1 heterocycles. The van der Waals surface area contributed by atoms with Crippen LogP contribution in [0.3, 0.4) is 0 Å². The van der Waals surface area contributed by atoms with E-state index in [1.165, 1.54) is 12.1 Å². The quantitative estimate of drug-likeness (QED) is 0.551. The number of hydrogen-bond acceptors (Lipinski definition) is 4. The number of benzene rings is 2. The lowest BCUT2D eigenvalue weighted by atomic mass is 10.1. The van der Waals surface area contributed by atoms with E-state index in [0.29, 0.717) is 12.2 Å². The van der Waals surface area contributed by atoms with Gasteiger partial charge >= 0.3 is 6.36 Å². The van der Waals surface area contributed by atoms with E-state index in [-0.39, 0.29) is 16.3 Å². The highest BCUT2D eigenvalue weighted by Gasteiger charge is 2.32.